The number of nitrogens with zero attached hydrogens (tertiary/aromatic N) is 1. The molecule has 2 unspecified atom stereocenters. The molecule has 2 atom stereocenters. The zero-order valence-corrected chi connectivity index (χ0v) is 9.06. The zero-order valence-electron chi connectivity index (χ0n) is 9.06. The lowest BCUT2D eigenvalue weighted by molar-refractivity contribution is -0.130. The van der Waals surface area contributed by atoms with Crippen LogP contribution in [0.25, 0.3) is 0 Å². The van der Waals surface area contributed by atoms with Crippen molar-refractivity contribution in [1.29, 1.82) is 0 Å². The average Bonchev–Trinajstić information content (AvgIpc) is 2.75. The Hall–Kier alpha value is -1.29. The molecule has 1 aliphatic heterocycles. The summed E-state index contributed by atoms with van der Waals surface area (Å²) in [5.41, 5.74) is 5.67. The predicted molar refractivity (Wildman–Crippen MR) is 56.2 cm³/mol. The third-order valence-corrected chi connectivity index (χ3v) is 2.92. The second-order valence-electron chi connectivity index (χ2n) is 4.05. The third kappa shape index (κ3) is 1.77. The first-order valence-electron chi connectivity index (χ1n) is 5.22. The summed E-state index contributed by atoms with van der Waals surface area (Å²) < 4.78 is 5.51. The topological polar surface area (TPSA) is 59.5 Å². The van der Waals surface area contributed by atoms with Crippen molar-refractivity contribution in [3.8, 4) is 0 Å². The van der Waals surface area contributed by atoms with Crippen molar-refractivity contribution in [1.82, 2.24) is 4.90 Å². The molecule has 1 aromatic rings. The second-order valence-corrected chi connectivity index (χ2v) is 4.05. The van der Waals surface area contributed by atoms with Crippen LogP contribution in [-0.2, 0) is 4.79 Å². The van der Waals surface area contributed by atoms with Gasteiger partial charge in [0.1, 0.15) is 11.5 Å². The Bertz CT molecular complexity index is 372. The van der Waals surface area contributed by atoms with Crippen molar-refractivity contribution < 1.29 is 9.21 Å². The van der Waals surface area contributed by atoms with Gasteiger partial charge in [0.05, 0.1) is 12.1 Å². The Morgan fingerprint density at radius 2 is 2.33 bits per heavy atom. The number of furan rings is 1. The van der Waals surface area contributed by atoms with Crippen LogP contribution in [0.15, 0.2) is 16.5 Å². The van der Waals surface area contributed by atoms with E-state index in [9.17, 15) is 4.79 Å². The Labute approximate surface area is 89.0 Å². The molecule has 82 valence electrons. The van der Waals surface area contributed by atoms with Crippen LogP contribution in [-0.4, -0.2) is 23.4 Å². The maximum absolute atomic E-state index is 11.7. The van der Waals surface area contributed by atoms with E-state index in [1.54, 1.807) is 4.90 Å². The summed E-state index contributed by atoms with van der Waals surface area (Å²) >= 11 is 0. The molecule has 1 fully saturated rings. The van der Waals surface area contributed by atoms with E-state index in [0.717, 1.165) is 24.5 Å². The quantitative estimate of drug-likeness (QED) is 0.794. The van der Waals surface area contributed by atoms with E-state index in [4.69, 9.17) is 10.2 Å². The van der Waals surface area contributed by atoms with Gasteiger partial charge in [0, 0.05) is 6.54 Å². The van der Waals surface area contributed by atoms with Crippen molar-refractivity contribution in [2.45, 2.75) is 32.4 Å². The molecular formula is C11H16N2O2. The van der Waals surface area contributed by atoms with Gasteiger partial charge in [0.2, 0.25) is 5.91 Å². The molecule has 1 aliphatic rings. The highest BCUT2D eigenvalue weighted by molar-refractivity contribution is 5.84. The molecule has 0 spiro atoms. The fourth-order valence-corrected chi connectivity index (χ4v) is 1.94. The summed E-state index contributed by atoms with van der Waals surface area (Å²) in [7, 11) is 0. The summed E-state index contributed by atoms with van der Waals surface area (Å²) in [6, 6.07) is 3.48. The summed E-state index contributed by atoms with van der Waals surface area (Å²) in [4.78, 5) is 13.5. The molecule has 4 heteroatoms. The number of rotatable bonds is 2. The average molecular weight is 208 g/mol. The van der Waals surface area contributed by atoms with Crippen LogP contribution in [0, 0.1) is 6.92 Å². The maximum Gasteiger partial charge on any atom is 0.240 e. The number of hydrogen-bond acceptors (Lipinski definition) is 3. The van der Waals surface area contributed by atoms with Crippen molar-refractivity contribution >= 4 is 5.91 Å². The fraction of sp³-hybridized carbons (Fsp3) is 0.545. The van der Waals surface area contributed by atoms with Crippen molar-refractivity contribution in [2.24, 2.45) is 5.73 Å². The first-order valence-corrected chi connectivity index (χ1v) is 5.22. The molecule has 2 rings (SSSR count). The van der Waals surface area contributed by atoms with Crippen LogP contribution in [0.2, 0.25) is 0 Å². The van der Waals surface area contributed by atoms with Crippen LogP contribution in [0.1, 0.15) is 30.9 Å². The van der Waals surface area contributed by atoms with E-state index in [0.29, 0.717) is 0 Å². The molecule has 0 bridgehead atoms. The minimum Gasteiger partial charge on any atom is -0.464 e. The number of aryl methyl sites for hydroxylation is 1. The number of likely N-dealkylation sites (tertiary alicyclic amines) is 1. The van der Waals surface area contributed by atoms with Crippen molar-refractivity contribution in [2.75, 3.05) is 6.54 Å². The highest BCUT2D eigenvalue weighted by Gasteiger charge is 2.33. The molecular weight excluding hydrogens is 192 g/mol. The van der Waals surface area contributed by atoms with Gasteiger partial charge in [-0.3, -0.25) is 4.79 Å². The zero-order chi connectivity index (χ0) is 11.0. The van der Waals surface area contributed by atoms with E-state index < -0.39 is 0 Å². The third-order valence-electron chi connectivity index (χ3n) is 2.92. The summed E-state index contributed by atoms with van der Waals surface area (Å²) in [6.07, 6.45) is 0.739. The first-order chi connectivity index (χ1) is 7.09. The van der Waals surface area contributed by atoms with Gasteiger partial charge in [-0.05, 0) is 32.4 Å². The lowest BCUT2D eigenvalue weighted by atomic mass is 10.2. The highest BCUT2D eigenvalue weighted by atomic mass is 16.3. The Morgan fingerprint density at radius 1 is 1.60 bits per heavy atom. The molecule has 1 amide bonds. The summed E-state index contributed by atoms with van der Waals surface area (Å²) in [6.45, 7) is 4.59. The summed E-state index contributed by atoms with van der Waals surface area (Å²) in [5, 5.41) is 0. The van der Waals surface area contributed by atoms with Gasteiger partial charge < -0.3 is 15.1 Å². The highest BCUT2D eigenvalue weighted by Crippen LogP contribution is 2.26. The molecule has 0 saturated carbocycles. The number of carbonyl (C=O) groups is 1. The lowest BCUT2D eigenvalue weighted by Crippen LogP contribution is -2.35. The molecule has 0 aromatic carbocycles. The van der Waals surface area contributed by atoms with Crippen LogP contribution >= 0.6 is 0 Å². The second kappa shape index (κ2) is 3.70. The van der Waals surface area contributed by atoms with Crippen LogP contribution in [0.3, 0.4) is 0 Å². The Balaban J connectivity index is 2.15. The van der Waals surface area contributed by atoms with Gasteiger partial charge in [0.25, 0.3) is 0 Å². The van der Waals surface area contributed by atoms with E-state index in [1.165, 1.54) is 0 Å². The largest absolute Gasteiger partial charge is 0.464 e. The maximum atomic E-state index is 11.7. The van der Waals surface area contributed by atoms with Crippen LogP contribution < -0.4 is 5.73 Å². The van der Waals surface area contributed by atoms with Gasteiger partial charge in [-0.2, -0.15) is 0 Å². The van der Waals surface area contributed by atoms with Crippen LogP contribution in [0.4, 0.5) is 0 Å². The summed E-state index contributed by atoms with van der Waals surface area (Å²) in [5.74, 6) is 1.72. The standard InChI is InChI=1S/C11H16N2O2/c1-7-3-4-10(15-7)8(2)13-6-5-9(12)11(13)14/h3-4,8-9H,5-6,12H2,1-2H3. The Kier molecular flexibility index (Phi) is 2.52. The normalized spacial score (nSPS) is 23.5. The molecule has 0 aliphatic carbocycles. The minimum absolute atomic E-state index is 0.0141. The SMILES string of the molecule is Cc1ccc(C(C)N2CCC(N)C2=O)o1. The number of hydrogen-bond donors (Lipinski definition) is 1. The van der Waals surface area contributed by atoms with Gasteiger partial charge in [-0.15, -0.1) is 0 Å². The van der Waals surface area contributed by atoms with E-state index in [2.05, 4.69) is 0 Å². The molecule has 2 heterocycles. The Morgan fingerprint density at radius 3 is 2.80 bits per heavy atom. The molecule has 2 N–H and O–H groups in total. The minimum atomic E-state index is -0.330. The predicted octanol–water partition coefficient (Wildman–Crippen LogP) is 1.21. The van der Waals surface area contributed by atoms with Crippen molar-refractivity contribution in [3.05, 3.63) is 23.7 Å². The van der Waals surface area contributed by atoms with Gasteiger partial charge in [0.15, 0.2) is 0 Å². The molecule has 15 heavy (non-hydrogen) atoms. The lowest BCUT2D eigenvalue weighted by Gasteiger charge is -2.22. The number of carbonyl (C=O) groups excluding carboxylic acids is 1. The smallest absolute Gasteiger partial charge is 0.240 e. The molecule has 4 nitrogen and oxygen atoms in total. The van der Waals surface area contributed by atoms with Gasteiger partial charge in [-0.1, -0.05) is 0 Å². The van der Waals surface area contributed by atoms with E-state index in [-0.39, 0.29) is 18.0 Å². The van der Waals surface area contributed by atoms with Gasteiger partial charge >= 0.3 is 0 Å². The molecule has 1 saturated heterocycles. The number of nitrogens with two attached hydrogens (primary N) is 1. The molecule has 1 aromatic heterocycles. The van der Waals surface area contributed by atoms with Crippen LogP contribution in [0.5, 0.6) is 0 Å². The molecule has 0 radical (unpaired) electrons. The van der Waals surface area contributed by atoms with Crippen molar-refractivity contribution in [3.63, 3.8) is 0 Å². The van der Waals surface area contributed by atoms with Gasteiger partial charge in [-0.25, -0.2) is 0 Å². The van der Waals surface area contributed by atoms with E-state index >= 15 is 0 Å². The van der Waals surface area contributed by atoms with E-state index in [1.807, 2.05) is 26.0 Å². The monoisotopic (exact) mass is 208 g/mol. The fourth-order valence-electron chi connectivity index (χ4n) is 1.94. The first kappa shape index (κ1) is 10.2. The number of amides is 1.